The van der Waals surface area contributed by atoms with Crippen molar-refractivity contribution in [1.82, 2.24) is 0 Å². The lowest BCUT2D eigenvalue weighted by molar-refractivity contribution is -0.141. The van der Waals surface area contributed by atoms with Crippen molar-refractivity contribution in [3.8, 4) is 0 Å². The first-order chi connectivity index (χ1) is 14.2. The third-order valence-electron chi connectivity index (χ3n) is 10.0. The summed E-state index contributed by atoms with van der Waals surface area (Å²) >= 11 is 0. The van der Waals surface area contributed by atoms with E-state index in [2.05, 4.69) is 26.8 Å². The largest absolute Gasteiger partial charge is 0.481 e. The molecule has 3 heteroatoms. The molecule has 0 bridgehead atoms. The van der Waals surface area contributed by atoms with E-state index in [9.17, 15) is 9.59 Å². The number of carbonyl (C=O) groups is 2. The number of hydrogen-bond acceptors (Lipinski definition) is 2. The van der Waals surface area contributed by atoms with Gasteiger partial charge in [-0.15, -0.1) is 0 Å². The topological polar surface area (TPSA) is 54.4 Å². The Morgan fingerprint density at radius 1 is 1.13 bits per heavy atom. The van der Waals surface area contributed by atoms with Gasteiger partial charge in [0.15, 0.2) is 5.78 Å². The highest BCUT2D eigenvalue weighted by molar-refractivity contribution is 6.01. The van der Waals surface area contributed by atoms with Crippen LogP contribution in [0.25, 0.3) is 0 Å². The Hall–Kier alpha value is -1.38. The van der Waals surface area contributed by atoms with Gasteiger partial charge in [-0.05, 0) is 92.1 Å². The average molecular weight is 413 g/mol. The summed E-state index contributed by atoms with van der Waals surface area (Å²) in [7, 11) is 0. The molecule has 0 radical (unpaired) electrons. The molecule has 4 rings (SSSR count). The molecule has 3 saturated carbocycles. The van der Waals surface area contributed by atoms with E-state index >= 15 is 0 Å². The van der Waals surface area contributed by atoms with E-state index in [0.717, 1.165) is 43.4 Å². The van der Waals surface area contributed by atoms with Crippen molar-refractivity contribution in [2.45, 2.75) is 85.5 Å². The summed E-state index contributed by atoms with van der Waals surface area (Å²) in [4.78, 5) is 23.1. The Bertz CT molecular complexity index is 764. The molecule has 5 unspecified atom stereocenters. The molecule has 1 N–H and O–H groups in total. The zero-order chi connectivity index (χ0) is 21.7. The van der Waals surface area contributed by atoms with Crippen LogP contribution in [0.2, 0.25) is 0 Å². The standard InChI is InChI=1S/C27H40O3/c1-17(6-5-7-18(2)25(29)30)22-10-11-23-21-9-8-19-16-20(28)12-14-26(19,3)24(21)13-15-27(22,23)4/h12,14,16-18,21-24H,5-11,13,15H2,1-4H3,(H,29,30)/t17?,18?,21?,22-,23?,24?,26+,27-/m1/s1. The number of aliphatic carboxylic acids is 1. The smallest absolute Gasteiger partial charge is 0.306 e. The van der Waals surface area contributed by atoms with Crippen LogP contribution in [0.4, 0.5) is 0 Å². The highest BCUT2D eigenvalue weighted by Crippen LogP contribution is 2.67. The van der Waals surface area contributed by atoms with Crippen molar-refractivity contribution in [1.29, 1.82) is 0 Å². The van der Waals surface area contributed by atoms with Crippen molar-refractivity contribution in [2.75, 3.05) is 0 Å². The van der Waals surface area contributed by atoms with Crippen LogP contribution in [-0.2, 0) is 9.59 Å². The second-order valence-electron chi connectivity index (χ2n) is 11.5. The molecule has 30 heavy (non-hydrogen) atoms. The van der Waals surface area contributed by atoms with Crippen molar-refractivity contribution in [2.24, 2.45) is 46.3 Å². The molecule has 0 spiro atoms. The van der Waals surface area contributed by atoms with Crippen LogP contribution in [0, 0.1) is 46.3 Å². The van der Waals surface area contributed by atoms with Crippen LogP contribution in [-0.4, -0.2) is 16.9 Å². The maximum Gasteiger partial charge on any atom is 0.306 e. The van der Waals surface area contributed by atoms with Crippen LogP contribution in [0.15, 0.2) is 23.8 Å². The highest BCUT2D eigenvalue weighted by atomic mass is 16.4. The van der Waals surface area contributed by atoms with Crippen molar-refractivity contribution in [3.63, 3.8) is 0 Å². The van der Waals surface area contributed by atoms with E-state index < -0.39 is 5.97 Å². The van der Waals surface area contributed by atoms with E-state index in [1.165, 1.54) is 37.7 Å². The van der Waals surface area contributed by atoms with Crippen LogP contribution in [0.1, 0.15) is 85.5 Å². The first-order valence-electron chi connectivity index (χ1n) is 12.3. The predicted molar refractivity (Wildman–Crippen MR) is 120 cm³/mol. The van der Waals surface area contributed by atoms with Crippen LogP contribution < -0.4 is 0 Å². The van der Waals surface area contributed by atoms with Crippen molar-refractivity contribution in [3.05, 3.63) is 23.8 Å². The van der Waals surface area contributed by atoms with Gasteiger partial charge in [-0.25, -0.2) is 0 Å². The van der Waals surface area contributed by atoms with Gasteiger partial charge in [-0.3, -0.25) is 9.59 Å². The molecule has 0 amide bonds. The maximum atomic E-state index is 11.9. The molecular weight excluding hydrogens is 372 g/mol. The van der Waals surface area contributed by atoms with E-state index in [4.69, 9.17) is 5.11 Å². The minimum atomic E-state index is -0.661. The molecule has 3 nitrogen and oxygen atoms in total. The molecule has 0 aliphatic heterocycles. The summed E-state index contributed by atoms with van der Waals surface area (Å²) in [6, 6.07) is 0. The Kier molecular flexibility index (Phi) is 5.79. The number of hydrogen-bond donors (Lipinski definition) is 1. The number of ketones is 1. The first-order valence-corrected chi connectivity index (χ1v) is 12.3. The van der Waals surface area contributed by atoms with Gasteiger partial charge in [-0.2, -0.15) is 0 Å². The molecule has 8 atom stereocenters. The minimum absolute atomic E-state index is 0.0921. The van der Waals surface area contributed by atoms with Gasteiger partial charge in [0.1, 0.15) is 0 Å². The number of carboxylic acids is 1. The van der Waals surface area contributed by atoms with Gasteiger partial charge < -0.3 is 5.11 Å². The summed E-state index contributed by atoms with van der Waals surface area (Å²) in [5.41, 5.74) is 1.91. The monoisotopic (exact) mass is 412 g/mol. The second-order valence-corrected chi connectivity index (χ2v) is 11.5. The van der Waals surface area contributed by atoms with Gasteiger partial charge in [-0.1, -0.05) is 52.2 Å². The molecule has 3 fully saturated rings. The number of carbonyl (C=O) groups excluding carboxylic acids is 1. The van der Waals surface area contributed by atoms with Crippen molar-refractivity contribution < 1.29 is 14.7 Å². The fourth-order valence-corrected chi connectivity index (χ4v) is 8.24. The van der Waals surface area contributed by atoms with Crippen LogP contribution in [0.3, 0.4) is 0 Å². The fourth-order valence-electron chi connectivity index (χ4n) is 8.24. The zero-order valence-corrected chi connectivity index (χ0v) is 19.3. The summed E-state index contributed by atoms with van der Waals surface area (Å²) in [5, 5.41) is 9.15. The molecule has 0 aromatic carbocycles. The normalized spacial score (nSPS) is 42.0. The van der Waals surface area contributed by atoms with Gasteiger partial charge >= 0.3 is 5.97 Å². The molecular formula is C27H40O3. The SMILES string of the molecule is CC(CCCC(C)[C@H]1CCC2C3CCC4=CC(=O)C=C[C@]4(C)C3CC[C@@]21C)C(=O)O. The van der Waals surface area contributed by atoms with Crippen LogP contribution in [0.5, 0.6) is 0 Å². The molecule has 4 aliphatic carbocycles. The van der Waals surface area contributed by atoms with E-state index in [-0.39, 0.29) is 17.1 Å². The molecule has 0 aromatic rings. The van der Waals surface area contributed by atoms with Crippen molar-refractivity contribution >= 4 is 11.8 Å². The van der Waals surface area contributed by atoms with Gasteiger partial charge in [0.25, 0.3) is 0 Å². The number of rotatable bonds is 6. The summed E-state index contributed by atoms with van der Waals surface area (Å²) in [5.74, 6) is 3.03. The maximum absolute atomic E-state index is 11.9. The minimum Gasteiger partial charge on any atom is -0.481 e. The van der Waals surface area contributed by atoms with E-state index in [1.54, 1.807) is 0 Å². The fraction of sp³-hybridized carbons (Fsp3) is 0.778. The van der Waals surface area contributed by atoms with Gasteiger partial charge in [0, 0.05) is 5.41 Å². The number of carboxylic acid groups (broad SMARTS) is 1. The summed E-state index contributed by atoms with van der Waals surface area (Å²) in [6.45, 7) is 9.23. The summed E-state index contributed by atoms with van der Waals surface area (Å²) < 4.78 is 0. The third-order valence-corrected chi connectivity index (χ3v) is 10.0. The highest BCUT2D eigenvalue weighted by Gasteiger charge is 2.58. The Morgan fingerprint density at radius 3 is 2.63 bits per heavy atom. The summed E-state index contributed by atoms with van der Waals surface area (Å²) in [6.07, 6.45) is 16.6. The average Bonchev–Trinajstić information content (AvgIpc) is 3.05. The van der Waals surface area contributed by atoms with Crippen LogP contribution >= 0.6 is 0 Å². The Morgan fingerprint density at radius 2 is 1.90 bits per heavy atom. The number of allylic oxidation sites excluding steroid dienone is 4. The lowest BCUT2D eigenvalue weighted by Crippen LogP contribution is -2.50. The molecule has 0 heterocycles. The van der Waals surface area contributed by atoms with Gasteiger partial charge in [0.2, 0.25) is 0 Å². The number of fused-ring (bicyclic) bond motifs is 5. The lowest BCUT2D eigenvalue weighted by atomic mass is 9.47. The zero-order valence-electron chi connectivity index (χ0n) is 19.3. The third kappa shape index (κ3) is 3.50. The van der Waals surface area contributed by atoms with Gasteiger partial charge in [0.05, 0.1) is 5.92 Å². The molecule has 0 saturated heterocycles. The Labute approximate surface area is 182 Å². The van der Waals surface area contributed by atoms with E-state index in [0.29, 0.717) is 17.3 Å². The predicted octanol–water partition coefficient (Wildman–Crippen LogP) is 6.44. The molecule has 0 aromatic heterocycles. The second kappa shape index (κ2) is 7.95. The molecule has 4 aliphatic rings. The Balaban J connectivity index is 1.45. The molecule has 166 valence electrons. The van der Waals surface area contributed by atoms with E-state index in [1.807, 2.05) is 19.1 Å². The quantitative estimate of drug-likeness (QED) is 0.546. The lowest BCUT2D eigenvalue weighted by Gasteiger charge is -2.57. The first kappa shape index (κ1) is 21.8.